The van der Waals surface area contributed by atoms with Gasteiger partial charge in [-0.05, 0) is 13.1 Å². The molecule has 10 heteroatoms. The standard InChI is InChI=1S/C9H23NO6P2.Na/c1-7-10(8-2)9(17(11,13-3)14-4)18(12,15-5)16-6;/h9H,7-8H2,1-6H3;. The van der Waals surface area contributed by atoms with Gasteiger partial charge >= 0.3 is 15.2 Å². The third kappa shape index (κ3) is 5.19. The zero-order valence-corrected chi connectivity index (χ0v) is 16.6. The van der Waals surface area contributed by atoms with Crippen LogP contribution in [-0.2, 0) is 27.2 Å². The zero-order chi connectivity index (χ0) is 14.4. The van der Waals surface area contributed by atoms with Crippen LogP contribution in [0.4, 0.5) is 0 Å². The van der Waals surface area contributed by atoms with Crippen LogP contribution in [0.2, 0.25) is 0 Å². The molecule has 0 aliphatic heterocycles. The van der Waals surface area contributed by atoms with Gasteiger partial charge < -0.3 is 18.1 Å². The van der Waals surface area contributed by atoms with Crippen LogP contribution in [0.1, 0.15) is 13.8 Å². The molecule has 0 N–H and O–H groups in total. The molecule has 0 aromatic rings. The predicted octanol–water partition coefficient (Wildman–Crippen LogP) is 2.20. The van der Waals surface area contributed by atoms with Crippen LogP contribution in [0.5, 0.6) is 0 Å². The van der Waals surface area contributed by atoms with E-state index in [-0.39, 0.29) is 29.6 Å². The van der Waals surface area contributed by atoms with E-state index in [1.54, 1.807) is 4.90 Å². The summed E-state index contributed by atoms with van der Waals surface area (Å²) in [5.41, 5.74) is -1.08. The van der Waals surface area contributed by atoms with E-state index in [9.17, 15) is 9.13 Å². The SMILES string of the molecule is CCN(CC)C(P(=O)(OC)OC)P(=O)(OC)OC.[Na]. The van der Waals surface area contributed by atoms with E-state index >= 15 is 0 Å². The Kier molecular flexibility index (Phi) is 11.9. The summed E-state index contributed by atoms with van der Waals surface area (Å²) >= 11 is 0. The normalized spacial score (nSPS) is 12.8. The molecule has 0 heterocycles. The summed E-state index contributed by atoms with van der Waals surface area (Å²) < 4.78 is 44.9. The maximum Gasteiger partial charge on any atom is 0.359 e. The second kappa shape index (κ2) is 10.1. The van der Waals surface area contributed by atoms with Crippen LogP contribution in [0, 0.1) is 0 Å². The Balaban J connectivity index is 0. The second-order valence-electron chi connectivity index (χ2n) is 3.38. The van der Waals surface area contributed by atoms with Crippen molar-refractivity contribution in [3.63, 3.8) is 0 Å². The summed E-state index contributed by atoms with van der Waals surface area (Å²) in [6, 6.07) is 0. The Labute approximate surface area is 137 Å². The molecular formula is C9H23NNaO6P2. The fraction of sp³-hybridized carbons (Fsp3) is 1.00. The molecule has 0 bridgehead atoms. The average Bonchev–Trinajstić information content (AvgIpc) is 2.43. The quantitative estimate of drug-likeness (QED) is 0.475. The molecule has 0 spiro atoms. The molecule has 0 rings (SSSR count). The molecule has 0 fully saturated rings. The Hall–Kier alpha value is 1.26. The molecule has 0 aromatic heterocycles. The number of hydrogen-bond acceptors (Lipinski definition) is 7. The van der Waals surface area contributed by atoms with Gasteiger partial charge in [0.1, 0.15) is 0 Å². The molecule has 0 amide bonds. The van der Waals surface area contributed by atoms with E-state index in [4.69, 9.17) is 18.1 Å². The van der Waals surface area contributed by atoms with Crippen molar-refractivity contribution in [3.05, 3.63) is 0 Å². The molecule has 0 aromatic carbocycles. The van der Waals surface area contributed by atoms with Crippen LogP contribution in [0.3, 0.4) is 0 Å². The number of hydrogen-bond donors (Lipinski definition) is 0. The predicted molar refractivity (Wildman–Crippen MR) is 75.7 cm³/mol. The summed E-state index contributed by atoms with van der Waals surface area (Å²) in [4.78, 5) is 1.68. The van der Waals surface area contributed by atoms with E-state index in [1.165, 1.54) is 28.4 Å². The molecule has 0 aliphatic rings. The van der Waals surface area contributed by atoms with Gasteiger partial charge in [-0.1, -0.05) is 13.8 Å². The van der Waals surface area contributed by atoms with Crippen molar-refractivity contribution >= 4 is 44.7 Å². The first-order valence-electron chi connectivity index (χ1n) is 5.55. The van der Waals surface area contributed by atoms with E-state index in [0.717, 1.165) is 0 Å². The first kappa shape index (κ1) is 22.5. The van der Waals surface area contributed by atoms with Gasteiger partial charge in [0.05, 0.1) is 0 Å². The van der Waals surface area contributed by atoms with Crippen LogP contribution in [0.25, 0.3) is 0 Å². The minimum Gasteiger partial charge on any atom is -0.310 e. The van der Waals surface area contributed by atoms with Crippen molar-refractivity contribution in [2.24, 2.45) is 0 Å². The van der Waals surface area contributed by atoms with E-state index in [1.807, 2.05) is 13.8 Å². The van der Waals surface area contributed by atoms with Gasteiger partial charge in [0.2, 0.25) is 5.52 Å². The van der Waals surface area contributed by atoms with Crippen molar-refractivity contribution in [1.82, 2.24) is 4.90 Å². The van der Waals surface area contributed by atoms with Crippen molar-refractivity contribution < 1.29 is 27.2 Å². The topological polar surface area (TPSA) is 74.3 Å². The molecule has 0 aliphatic carbocycles. The largest absolute Gasteiger partial charge is 0.359 e. The van der Waals surface area contributed by atoms with Gasteiger partial charge in [-0.3, -0.25) is 14.0 Å². The van der Waals surface area contributed by atoms with Crippen LogP contribution >= 0.6 is 15.2 Å². The third-order valence-corrected chi connectivity index (χ3v) is 8.24. The third-order valence-electron chi connectivity index (χ3n) is 2.72. The summed E-state index contributed by atoms with van der Waals surface area (Å²) in [5.74, 6) is 0. The minimum atomic E-state index is -3.62. The molecule has 0 saturated heterocycles. The maximum atomic E-state index is 12.6. The van der Waals surface area contributed by atoms with Gasteiger partial charge in [0, 0.05) is 58.0 Å². The van der Waals surface area contributed by atoms with Crippen molar-refractivity contribution in [1.29, 1.82) is 0 Å². The first-order valence-corrected chi connectivity index (χ1v) is 8.77. The van der Waals surface area contributed by atoms with Crippen molar-refractivity contribution in [2.75, 3.05) is 41.5 Å². The van der Waals surface area contributed by atoms with Gasteiger partial charge in [-0.15, -0.1) is 0 Å². The molecule has 0 atom stereocenters. The number of rotatable bonds is 9. The summed E-state index contributed by atoms with van der Waals surface area (Å²) in [6.45, 7) is 4.72. The molecule has 7 nitrogen and oxygen atoms in total. The number of nitrogens with zero attached hydrogens (tertiary/aromatic N) is 1. The van der Waals surface area contributed by atoms with E-state index < -0.39 is 20.7 Å². The molecule has 111 valence electrons. The Morgan fingerprint density at radius 1 is 0.842 bits per heavy atom. The Morgan fingerprint density at radius 2 is 1.11 bits per heavy atom. The van der Waals surface area contributed by atoms with Crippen molar-refractivity contribution in [3.8, 4) is 0 Å². The smallest absolute Gasteiger partial charge is 0.310 e. The average molecular weight is 326 g/mol. The molecule has 0 saturated carbocycles. The Morgan fingerprint density at radius 3 is 1.26 bits per heavy atom. The fourth-order valence-corrected chi connectivity index (χ4v) is 6.67. The van der Waals surface area contributed by atoms with E-state index in [2.05, 4.69) is 0 Å². The summed E-state index contributed by atoms with van der Waals surface area (Å²) in [6.07, 6.45) is 0. The molecule has 1 radical (unpaired) electrons. The molecular weight excluding hydrogens is 303 g/mol. The monoisotopic (exact) mass is 326 g/mol. The fourth-order valence-electron chi connectivity index (χ4n) is 1.65. The maximum absolute atomic E-state index is 12.6. The van der Waals surface area contributed by atoms with Crippen LogP contribution in [0.15, 0.2) is 0 Å². The van der Waals surface area contributed by atoms with Gasteiger partial charge in [-0.25, -0.2) is 0 Å². The van der Waals surface area contributed by atoms with Crippen LogP contribution < -0.4 is 0 Å². The second-order valence-corrected chi connectivity index (χ2v) is 8.38. The zero-order valence-electron chi connectivity index (χ0n) is 12.8. The summed E-state index contributed by atoms with van der Waals surface area (Å²) in [5, 5.41) is 0. The van der Waals surface area contributed by atoms with Gasteiger partial charge in [-0.2, -0.15) is 0 Å². The Bertz CT molecular complexity index is 297. The molecule has 19 heavy (non-hydrogen) atoms. The first-order chi connectivity index (χ1) is 8.38. The van der Waals surface area contributed by atoms with E-state index in [0.29, 0.717) is 13.1 Å². The summed E-state index contributed by atoms with van der Waals surface area (Å²) in [7, 11) is -2.26. The van der Waals surface area contributed by atoms with Gasteiger partial charge in [0.15, 0.2) is 0 Å². The van der Waals surface area contributed by atoms with Crippen molar-refractivity contribution in [2.45, 2.75) is 19.4 Å². The van der Waals surface area contributed by atoms with Gasteiger partial charge in [0.25, 0.3) is 0 Å². The minimum absolute atomic E-state index is 0. The molecule has 0 unspecified atom stereocenters. The van der Waals surface area contributed by atoms with Crippen LogP contribution in [-0.4, -0.2) is 81.5 Å².